The molecular formula is C25H26ClFN4O2. The molecule has 1 N–H and O–H groups in total. The molecule has 1 unspecified atom stereocenters. The SMILES string of the molecule is Cc1cc(Cl)c(COc2cccc3c(N4CC(F)C=N4)cc(C)nc23)c([C@@H]2COCCN2)c1. The van der Waals surface area contributed by atoms with E-state index in [1.54, 1.807) is 5.01 Å². The number of morpholine rings is 1. The number of hydrogen-bond donors (Lipinski definition) is 1. The number of hydrogen-bond acceptors (Lipinski definition) is 6. The molecule has 0 radical (unpaired) electrons. The highest BCUT2D eigenvalue weighted by molar-refractivity contribution is 6.31. The van der Waals surface area contributed by atoms with Crippen molar-refractivity contribution in [2.24, 2.45) is 5.10 Å². The molecule has 3 heterocycles. The first kappa shape index (κ1) is 22.1. The fourth-order valence-corrected chi connectivity index (χ4v) is 4.74. The topological polar surface area (TPSA) is 59.0 Å². The number of ether oxygens (including phenoxy) is 2. The Kier molecular flexibility index (Phi) is 6.19. The third kappa shape index (κ3) is 4.53. The van der Waals surface area contributed by atoms with Crippen LogP contribution in [-0.4, -0.2) is 43.7 Å². The fourth-order valence-electron chi connectivity index (χ4n) is 4.41. The molecule has 2 aliphatic heterocycles. The maximum atomic E-state index is 13.7. The molecule has 2 atom stereocenters. The monoisotopic (exact) mass is 468 g/mol. The van der Waals surface area contributed by atoms with Crippen LogP contribution in [0.15, 0.2) is 41.5 Å². The van der Waals surface area contributed by atoms with Crippen molar-refractivity contribution in [3.05, 3.63) is 63.8 Å². The predicted octanol–water partition coefficient (Wildman–Crippen LogP) is 4.89. The van der Waals surface area contributed by atoms with Crippen molar-refractivity contribution >= 4 is 34.4 Å². The smallest absolute Gasteiger partial charge is 0.156 e. The van der Waals surface area contributed by atoms with Gasteiger partial charge in [-0.25, -0.2) is 9.37 Å². The van der Waals surface area contributed by atoms with Crippen LogP contribution < -0.4 is 15.1 Å². The number of pyridine rings is 1. The zero-order valence-corrected chi connectivity index (χ0v) is 19.4. The largest absolute Gasteiger partial charge is 0.487 e. The van der Waals surface area contributed by atoms with E-state index in [9.17, 15) is 4.39 Å². The van der Waals surface area contributed by atoms with Crippen molar-refractivity contribution in [3.8, 4) is 5.75 Å². The number of rotatable bonds is 5. The Labute approximate surface area is 197 Å². The van der Waals surface area contributed by atoms with Crippen LogP contribution in [0.5, 0.6) is 5.75 Å². The number of halogens is 2. The number of benzene rings is 2. The van der Waals surface area contributed by atoms with Crippen LogP contribution in [0.1, 0.15) is 28.4 Å². The lowest BCUT2D eigenvalue weighted by Crippen LogP contribution is -2.35. The van der Waals surface area contributed by atoms with Crippen molar-refractivity contribution in [2.45, 2.75) is 32.7 Å². The number of fused-ring (bicyclic) bond motifs is 1. The summed E-state index contributed by atoms with van der Waals surface area (Å²) in [7, 11) is 0. The molecule has 0 amide bonds. The van der Waals surface area contributed by atoms with Crippen LogP contribution in [0.25, 0.3) is 10.9 Å². The molecule has 33 heavy (non-hydrogen) atoms. The molecule has 5 rings (SSSR count). The zero-order valence-electron chi connectivity index (χ0n) is 18.6. The van der Waals surface area contributed by atoms with E-state index < -0.39 is 6.17 Å². The third-order valence-corrected chi connectivity index (χ3v) is 6.28. The van der Waals surface area contributed by atoms with E-state index in [4.69, 9.17) is 26.1 Å². The molecule has 2 aromatic carbocycles. The Morgan fingerprint density at radius 1 is 1.27 bits per heavy atom. The van der Waals surface area contributed by atoms with Gasteiger partial charge < -0.3 is 14.8 Å². The minimum Gasteiger partial charge on any atom is -0.487 e. The van der Waals surface area contributed by atoms with Crippen LogP contribution in [-0.2, 0) is 11.3 Å². The van der Waals surface area contributed by atoms with Crippen molar-refractivity contribution in [1.29, 1.82) is 0 Å². The number of aromatic nitrogens is 1. The average Bonchev–Trinajstić information content (AvgIpc) is 3.24. The van der Waals surface area contributed by atoms with Crippen LogP contribution in [0, 0.1) is 13.8 Å². The fraction of sp³-hybridized carbons (Fsp3) is 0.360. The molecule has 2 aliphatic rings. The first-order valence-electron chi connectivity index (χ1n) is 11.1. The molecule has 0 aliphatic carbocycles. The molecule has 3 aromatic rings. The summed E-state index contributed by atoms with van der Waals surface area (Å²) >= 11 is 6.67. The van der Waals surface area contributed by atoms with Gasteiger partial charge in [0.25, 0.3) is 0 Å². The van der Waals surface area contributed by atoms with E-state index in [0.29, 0.717) is 36.1 Å². The van der Waals surface area contributed by atoms with Gasteiger partial charge in [0.1, 0.15) is 17.9 Å². The molecule has 8 heteroatoms. The van der Waals surface area contributed by atoms with Crippen molar-refractivity contribution < 1.29 is 13.9 Å². The van der Waals surface area contributed by atoms with Gasteiger partial charge in [-0.3, -0.25) is 5.01 Å². The molecule has 1 saturated heterocycles. The standard InChI is InChI=1S/C25H26ClFN4O2/c1-15-8-19(22-14-32-7-6-28-22)20(21(26)9-15)13-33-24-5-3-4-18-23(10-16(2)30-25(18)24)31-12-17(27)11-29-31/h3-5,8-11,17,22,28H,6-7,12-14H2,1-2H3/t17?,22-/m0/s1. The summed E-state index contributed by atoms with van der Waals surface area (Å²) < 4.78 is 25.7. The molecule has 1 fully saturated rings. The normalized spacial score (nSPS) is 20.5. The molecule has 0 spiro atoms. The second-order valence-electron chi connectivity index (χ2n) is 8.48. The number of nitrogens with one attached hydrogen (secondary N) is 1. The second kappa shape index (κ2) is 9.25. The summed E-state index contributed by atoms with van der Waals surface area (Å²) in [6.45, 7) is 6.53. The summed E-state index contributed by atoms with van der Waals surface area (Å²) in [6, 6.07) is 11.8. The quantitative estimate of drug-likeness (QED) is 0.577. The number of aryl methyl sites for hydroxylation is 2. The maximum Gasteiger partial charge on any atom is 0.156 e. The van der Waals surface area contributed by atoms with Gasteiger partial charge in [-0.05, 0) is 43.2 Å². The van der Waals surface area contributed by atoms with E-state index in [1.807, 2.05) is 44.2 Å². The lowest BCUT2D eigenvalue weighted by atomic mass is 9.98. The molecule has 6 nitrogen and oxygen atoms in total. The summed E-state index contributed by atoms with van der Waals surface area (Å²) in [6.07, 6.45) is 0.249. The third-order valence-electron chi connectivity index (χ3n) is 5.95. The molecule has 172 valence electrons. The summed E-state index contributed by atoms with van der Waals surface area (Å²) in [5.41, 5.74) is 5.45. The van der Waals surface area contributed by atoms with Gasteiger partial charge >= 0.3 is 0 Å². The number of hydrazone groups is 1. The molecule has 1 aromatic heterocycles. The molecular weight excluding hydrogens is 443 g/mol. The van der Waals surface area contributed by atoms with Gasteiger partial charge in [-0.15, -0.1) is 0 Å². The first-order valence-corrected chi connectivity index (χ1v) is 11.5. The Balaban J connectivity index is 1.49. The number of alkyl halides is 1. The minimum atomic E-state index is -1.08. The van der Waals surface area contributed by atoms with Gasteiger partial charge in [-0.2, -0.15) is 5.10 Å². The zero-order chi connectivity index (χ0) is 22.9. The average molecular weight is 469 g/mol. The van der Waals surface area contributed by atoms with Gasteiger partial charge in [0.15, 0.2) is 6.17 Å². The van der Waals surface area contributed by atoms with Crippen LogP contribution >= 0.6 is 11.6 Å². The lowest BCUT2D eigenvalue weighted by molar-refractivity contribution is 0.0763. The van der Waals surface area contributed by atoms with Crippen LogP contribution in [0.4, 0.5) is 10.1 Å². The number of anilines is 1. The number of para-hydroxylation sites is 1. The summed E-state index contributed by atoms with van der Waals surface area (Å²) in [5.74, 6) is 0.646. The van der Waals surface area contributed by atoms with Crippen molar-refractivity contribution in [2.75, 3.05) is 31.3 Å². The van der Waals surface area contributed by atoms with E-state index >= 15 is 0 Å². The number of nitrogens with zero attached hydrogens (tertiary/aromatic N) is 3. The molecule has 0 saturated carbocycles. The van der Waals surface area contributed by atoms with Gasteiger partial charge in [-0.1, -0.05) is 29.8 Å². The van der Waals surface area contributed by atoms with Crippen LogP contribution in [0.3, 0.4) is 0 Å². The van der Waals surface area contributed by atoms with E-state index in [2.05, 4.69) is 16.5 Å². The lowest BCUT2D eigenvalue weighted by Gasteiger charge is -2.27. The Bertz CT molecular complexity index is 1210. The Morgan fingerprint density at radius 2 is 2.15 bits per heavy atom. The highest BCUT2D eigenvalue weighted by Gasteiger charge is 2.23. The Morgan fingerprint density at radius 3 is 2.91 bits per heavy atom. The van der Waals surface area contributed by atoms with E-state index in [0.717, 1.165) is 40.0 Å². The highest BCUT2D eigenvalue weighted by atomic mass is 35.5. The second-order valence-corrected chi connectivity index (χ2v) is 8.89. The summed E-state index contributed by atoms with van der Waals surface area (Å²) in [4.78, 5) is 4.73. The van der Waals surface area contributed by atoms with Gasteiger partial charge in [0.2, 0.25) is 0 Å². The van der Waals surface area contributed by atoms with Crippen LogP contribution in [0.2, 0.25) is 5.02 Å². The van der Waals surface area contributed by atoms with E-state index in [-0.39, 0.29) is 12.6 Å². The maximum absolute atomic E-state index is 13.7. The minimum absolute atomic E-state index is 0.0657. The van der Waals surface area contributed by atoms with Crippen molar-refractivity contribution in [1.82, 2.24) is 10.3 Å². The highest BCUT2D eigenvalue weighted by Crippen LogP contribution is 2.35. The first-order chi connectivity index (χ1) is 16.0. The Hall–Kier alpha value is -2.74. The van der Waals surface area contributed by atoms with Gasteiger partial charge in [0.05, 0.1) is 37.7 Å². The predicted molar refractivity (Wildman–Crippen MR) is 129 cm³/mol. The van der Waals surface area contributed by atoms with E-state index in [1.165, 1.54) is 6.21 Å². The van der Waals surface area contributed by atoms with Crippen molar-refractivity contribution in [3.63, 3.8) is 0 Å². The molecule has 0 bridgehead atoms. The van der Waals surface area contributed by atoms with Gasteiger partial charge in [0, 0.05) is 28.2 Å². The summed E-state index contributed by atoms with van der Waals surface area (Å²) in [5, 5.41) is 10.9.